The summed E-state index contributed by atoms with van der Waals surface area (Å²) in [6.45, 7) is 16.2. The summed E-state index contributed by atoms with van der Waals surface area (Å²) in [6, 6.07) is 25.8. The lowest BCUT2D eigenvalue weighted by Gasteiger charge is -2.36. The predicted octanol–water partition coefficient (Wildman–Crippen LogP) is 9.28. The molecule has 0 amide bonds. The Hall–Kier alpha value is -6.22. The van der Waals surface area contributed by atoms with Crippen molar-refractivity contribution in [3.8, 4) is 23.0 Å². The van der Waals surface area contributed by atoms with Gasteiger partial charge >= 0.3 is 23.9 Å². The maximum absolute atomic E-state index is 13.2. The van der Waals surface area contributed by atoms with Crippen LogP contribution in [0.15, 0.2) is 116 Å². The Balaban J connectivity index is 1.21. The Morgan fingerprint density at radius 1 is 0.635 bits per heavy atom. The van der Waals surface area contributed by atoms with Crippen LogP contribution in [0.4, 0.5) is 0 Å². The summed E-state index contributed by atoms with van der Waals surface area (Å²) >= 11 is 0. The Morgan fingerprint density at radius 3 is 1.83 bits per heavy atom. The van der Waals surface area contributed by atoms with Gasteiger partial charge in [0.15, 0.2) is 0 Å². The largest absolute Gasteiger partial charge is 0.487 e. The number of carbonyl (C=O) groups excluding carboxylic acids is 4. The minimum Gasteiger partial charge on any atom is -0.487 e. The molecule has 0 N–H and O–H groups in total. The highest BCUT2D eigenvalue weighted by Crippen LogP contribution is 2.33. The first-order valence-corrected chi connectivity index (χ1v) is 16.7. The van der Waals surface area contributed by atoms with E-state index in [0.29, 0.717) is 46.8 Å². The van der Waals surface area contributed by atoms with Crippen molar-refractivity contribution in [3.63, 3.8) is 0 Å². The zero-order valence-electron chi connectivity index (χ0n) is 29.8. The minimum atomic E-state index is -0.781. The maximum atomic E-state index is 13.2. The van der Waals surface area contributed by atoms with Crippen LogP contribution < -0.4 is 18.9 Å². The lowest BCUT2D eigenvalue weighted by Crippen LogP contribution is -2.42. The number of benzene rings is 5. The summed E-state index contributed by atoms with van der Waals surface area (Å²) in [7, 11) is 0. The molecule has 5 aromatic carbocycles. The quantitative estimate of drug-likeness (QED) is 0.0513. The molecule has 0 saturated carbocycles. The molecule has 0 fully saturated rings. The van der Waals surface area contributed by atoms with Crippen LogP contribution >= 0.6 is 0 Å². The van der Waals surface area contributed by atoms with Crippen LogP contribution in [-0.2, 0) is 14.3 Å². The van der Waals surface area contributed by atoms with Gasteiger partial charge in [0.25, 0.3) is 0 Å². The van der Waals surface area contributed by atoms with Crippen LogP contribution in [0.5, 0.6) is 23.0 Å². The SMILES string of the molecule is C=CC(=O)Oc1ccc2c(ccc3cc(C(=O)Oc4ccc(OC(=O)c5ccc(OC(C)(CC)CC(C)(C)OC(=O)C=C)cc5)cc4C)ccc32)c1. The second-order valence-corrected chi connectivity index (χ2v) is 13.2. The van der Waals surface area contributed by atoms with E-state index in [1.165, 1.54) is 0 Å². The Morgan fingerprint density at radius 2 is 1.19 bits per heavy atom. The van der Waals surface area contributed by atoms with Crippen molar-refractivity contribution in [3.05, 3.63) is 133 Å². The molecule has 0 saturated heterocycles. The molecule has 0 aliphatic carbocycles. The molecular weight excluding hydrogens is 660 g/mol. The van der Waals surface area contributed by atoms with Crippen LogP contribution in [0.3, 0.4) is 0 Å². The third kappa shape index (κ3) is 8.92. The molecular formula is C43H40O9. The summed E-state index contributed by atoms with van der Waals surface area (Å²) in [5.41, 5.74) is -0.140. The zero-order chi connectivity index (χ0) is 37.6. The van der Waals surface area contributed by atoms with Crippen molar-refractivity contribution in [2.45, 2.75) is 58.7 Å². The van der Waals surface area contributed by atoms with Crippen molar-refractivity contribution in [1.29, 1.82) is 0 Å². The molecule has 52 heavy (non-hydrogen) atoms. The highest BCUT2D eigenvalue weighted by molar-refractivity contribution is 6.09. The molecule has 1 unspecified atom stereocenters. The molecule has 1 atom stereocenters. The van der Waals surface area contributed by atoms with E-state index in [1.54, 1.807) is 73.7 Å². The Kier molecular flexibility index (Phi) is 10.9. The van der Waals surface area contributed by atoms with Gasteiger partial charge in [-0.05, 0) is 128 Å². The van der Waals surface area contributed by atoms with Crippen LogP contribution in [0.1, 0.15) is 66.8 Å². The molecule has 266 valence electrons. The molecule has 5 aromatic rings. The molecule has 0 aliphatic heterocycles. The van der Waals surface area contributed by atoms with E-state index in [1.807, 2.05) is 52.0 Å². The van der Waals surface area contributed by atoms with Crippen molar-refractivity contribution < 1.29 is 42.9 Å². The molecule has 0 radical (unpaired) electrons. The van der Waals surface area contributed by atoms with Crippen LogP contribution in [0, 0.1) is 6.92 Å². The standard InChI is InChI=1S/C43H40O9/c1-8-38(44)48-34-18-21-36-30(25-34)12-11-29-24-31(15-20-35(29)36)41(47)50-37-22-19-33(23-27(37)4)49-40(46)28-13-16-32(17-14-28)51-43(7,10-3)26-42(5,6)52-39(45)9-2/h8-9,11-25H,1-2,10,26H2,3-7H3. The lowest BCUT2D eigenvalue weighted by molar-refractivity contribution is -0.154. The number of rotatable bonds is 13. The van der Waals surface area contributed by atoms with Gasteiger partial charge in [-0.15, -0.1) is 0 Å². The van der Waals surface area contributed by atoms with Gasteiger partial charge in [-0.2, -0.15) is 0 Å². The van der Waals surface area contributed by atoms with E-state index in [0.717, 1.165) is 33.7 Å². The summed E-state index contributed by atoms with van der Waals surface area (Å²) in [5, 5.41) is 3.57. The molecule has 9 heteroatoms. The van der Waals surface area contributed by atoms with Crippen LogP contribution in [0.25, 0.3) is 21.5 Å². The van der Waals surface area contributed by atoms with E-state index in [9.17, 15) is 19.2 Å². The number of esters is 4. The van der Waals surface area contributed by atoms with Gasteiger partial charge in [0.1, 0.15) is 34.2 Å². The monoisotopic (exact) mass is 700 g/mol. The molecule has 0 spiro atoms. The van der Waals surface area contributed by atoms with Gasteiger partial charge in [-0.25, -0.2) is 19.2 Å². The van der Waals surface area contributed by atoms with Gasteiger partial charge in [-0.3, -0.25) is 0 Å². The second-order valence-electron chi connectivity index (χ2n) is 13.2. The Labute approximate surface area is 302 Å². The summed E-state index contributed by atoms with van der Waals surface area (Å²) in [6.07, 6.45) is 3.32. The van der Waals surface area contributed by atoms with Crippen molar-refractivity contribution in [1.82, 2.24) is 0 Å². The third-order valence-electron chi connectivity index (χ3n) is 8.53. The summed E-state index contributed by atoms with van der Waals surface area (Å²) in [5.74, 6) is -0.557. The highest BCUT2D eigenvalue weighted by atomic mass is 16.6. The predicted molar refractivity (Wildman–Crippen MR) is 199 cm³/mol. The van der Waals surface area contributed by atoms with Gasteiger partial charge in [0.05, 0.1) is 11.1 Å². The number of hydrogen-bond donors (Lipinski definition) is 0. The van der Waals surface area contributed by atoms with E-state index in [-0.39, 0.29) is 5.75 Å². The molecule has 0 aliphatic rings. The van der Waals surface area contributed by atoms with Crippen LogP contribution in [-0.4, -0.2) is 35.1 Å². The van der Waals surface area contributed by atoms with Gasteiger partial charge in [-0.1, -0.05) is 44.3 Å². The van der Waals surface area contributed by atoms with E-state index < -0.39 is 35.1 Å². The fraction of sp³-hybridized carbons (Fsp3) is 0.209. The van der Waals surface area contributed by atoms with E-state index in [4.69, 9.17) is 23.7 Å². The first-order chi connectivity index (χ1) is 24.7. The maximum Gasteiger partial charge on any atom is 0.343 e. The first-order valence-electron chi connectivity index (χ1n) is 16.7. The number of hydrogen-bond acceptors (Lipinski definition) is 9. The fourth-order valence-electron chi connectivity index (χ4n) is 5.95. The second kappa shape index (κ2) is 15.3. The van der Waals surface area contributed by atoms with Crippen molar-refractivity contribution in [2.24, 2.45) is 0 Å². The molecule has 0 heterocycles. The summed E-state index contributed by atoms with van der Waals surface area (Å²) in [4.78, 5) is 49.5. The van der Waals surface area contributed by atoms with Gasteiger partial charge in [0, 0.05) is 18.6 Å². The number of aryl methyl sites for hydroxylation is 1. The molecule has 5 rings (SSSR count). The van der Waals surface area contributed by atoms with E-state index in [2.05, 4.69) is 13.2 Å². The smallest absolute Gasteiger partial charge is 0.343 e. The number of fused-ring (bicyclic) bond motifs is 3. The van der Waals surface area contributed by atoms with E-state index >= 15 is 0 Å². The third-order valence-corrected chi connectivity index (χ3v) is 8.53. The van der Waals surface area contributed by atoms with Gasteiger partial charge in [0.2, 0.25) is 0 Å². The number of carbonyl (C=O) groups is 4. The summed E-state index contributed by atoms with van der Waals surface area (Å²) < 4.78 is 28.3. The average molecular weight is 701 g/mol. The molecule has 9 nitrogen and oxygen atoms in total. The lowest BCUT2D eigenvalue weighted by atomic mass is 9.88. The highest BCUT2D eigenvalue weighted by Gasteiger charge is 2.35. The minimum absolute atomic E-state index is 0.289. The molecule has 0 bridgehead atoms. The zero-order valence-corrected chi connectivity index (χ0v) is 29.8. The first kappa shape index (κ1) is 37.0. The molecule has 0 aromatic heterocycles. The van der Waals surface area contributed by atoms with Crippen LogP contribution in [0.2, 0.25) is 0 Å². The Bertz CT molecular complexity index is 2200. The van der Waals surface area contributed by atoms with Crippen molar-refractivity contribution in [2.75, 3.05) is 0 Å². The van der Waals surface area contributed by atoms with Gasteiger partial charge < -0.3 is 23.7 Å². The average Bonchev–Trinajstić information content (AvgIpc) is 3.11. The normalized spacial score (nSPS) is 12.3. The number of ether oxygens (including phenoxy) is 5. The topological polar surface area (TPSA) is 114 Å². The fourth-order valence-corrected chi connectivity index (χ4v) is 5.95. The van der Waals surface area contributed by atoms with Crippen molar-refractivity contribution >= 4 is 45.4 Å².